The van der Waals surface area contributed by atoms with E-state index in [1.54, 1.807) is 24.3 Å². The zero-order chi connectivity index (χ0) is 14.5. The monoisotopic (exact) mass is 278 g/mol. The van der Waals surface area contributed by atoms with Crippen molar-refractivity contribution in [1.82, 2.24) is 0 Å². The molecule has 2 aromatic carbocycles. The van der Waals surface area contributed by atoms with Crippen LogP contribution in [0.25, 0.3) is 0 Å². The maximum Gasteiger partial charge on any atom is 0.262 e. The number of carbonyl (C=O) groups is 1. The minimum absolute atomic E-state index is 0.0251. The fourth-order valence-corrected chi connectivity index (χ4v) is 1.58. The van der Waals surface area contributed by atoms with Gasteiger partial charge in [0.25, 0.3) is 5.91 Å². The van der Waals surface area contributed by atoms with Crippen molar-refractivity contribution in [2.45, 2.75) is 0 Å². The number of anilines is 2. The first-order valence-corrected chi connectivity index (χ1v) is 5.78. The molecule has 0 aliphatic rings. The second-order valence-corrected chi connectivity index (χ2v) is 4.03. The Labute approximate surface area is 114 Å². The molecule has 4 nitrogen and oxygen atoms in total. The second kappa shape index (κ2) is 6.01. The highest BCUT2D eigenvalue weighted by Crippen LogP contribution is 2.19. The zero-order valence-electron chi connectivity index (χ0n) is 10.4. The number of amides is 1. The molecule has 20 heavy (non-hydrogen) atoms. The molecule has 0 aliphatic heterocycles. The predicted molar refractivity (Wildman–Crippen MR) is 71.3 cm³/mol. The van der Waals surface area contributed by atoms with Crippen LogP contribution in [0.4, 0.5) is 20.2 Å². The summed E-state index contributed by atoms with van der Waals surface area (Å²) in [5.41, 5.74) is 6.07. The third-order valence-corrected chi connectivity index (χ3v) is 2.42. The van der Waals surface area contributed by atoms with Crippen LogP contribution in [0.2, 0.25) is 0 Å². The fraction of sp³-hybridized carbons (Fsp3) is 0.0714. The lowest BCUT2D eigenvalue weighted by molar-refractivity contribution is -0.118. The number of carbonyl (C=O) groups excluding carboxylic acids is 1. The number of nitrogen functional groups attached to an aromatic ring is 1. The summed E-state index contributed by atoms with van der Waals surface area (Å²) >= 11 is 0. The van der Waals surface area contributed by atoms with Crippen molar-refractivity contribution < 1.29 is 18.3 Å². The number of ether oxygens (including phenoxy) is 1. The third kappa shape index (κ3) is 3.68. The van der Waals surface area contributed by atoms with Crippen LogP contribution in [0.15, 0.2) is 42.5 Å². The maximum atomic E-state index is 12.9. The van der Waals surface area contributed by atoms with Crippen LogP contribution >= 0.6 is 0 Å². The molecule has 0 aliphatic carbocycles. The summed E-state index contributed by atoms with van der Waals surface area (Å²) in [5, 5.41) is 2.33. The predicted octanol–water partition coefficient (Wildman–Crippen LogP) is 2.56. The molecule has 0 saturated heterocycles. The van der Waals surface area contributed by atoms with Crippen molar-refractivity contribution in [2.75, 3.05) is 17.7 Å². The van der Waals surface area contributed by atoms with Gasteiger partial charge in [-0.2, -0.15) is 0 Å². The standard InChI is InChI=1S/C14H12F2N2O2/c15-9-5-10(16)7-11(6-9)18-14(19)8-20-13-4-2-1-3-12(13)17/h1-7H,8,17H2,(H,18,19). The summed E-state index contributed by atoms with van der Waals surface area (Å²) < 4.78 is 31.1. The van der Waals surface area contributed by atoms with Crippen LogP contribution in [0.3, 0.4) is 0 Å². The van der Waals surface area contributed by atoms with Crippen LogP contribution in [0.1, 0.15) is 0 Å². The summed E-state index contributed by atoms with van der Waals surface area (Å²) in [4.78, 5) is 11.6. The van der Waals surface area contributed by atoms with Crippen LogP contribution < -0.4 is 15.8 Å². The average molecular weight is 278 g/mol. The number of nitrogens with two attached hydrogens (primary N) is 1. The van der Waals surface area contributed by atoms with Gasteiger partial charge in [-0.05, 0) is 24.3 Å². The van der Waals surface area contributed by atoms with Gasteiger partial charge in [0.05, 0.1) is 5.69 Å². The molecule has 0 heterocycles. The molecule has 0 bridgehead atoms. The molecule has 2 aromatic rings. The Morgan fingerprint density at radius 3 is 2.45 bits per heavy atom. The van der Waals surface area contributed by atoms with Crippen molar-refractivity contribution in [1.29, 1.82) is 0 Å². The summed E-state index contributed by atoms with van der Waals surface area (Å²) in [7, 11) is 0. The highest BCUT2D eigenvalue weighted by Gasteiger charge is 2.07. The Hall–Kier alpha value is -2.63. The topological polar surface area (TPSA) is 64.3 Å². The summed E-state index contributed by atoms with van der Waals surface area (Å²) in [6.45, 7) is -0.313. The molecule has 0 aromatic heterocycles. The number of halogens is 2. The molecular weight excluding hydrogens is 266 g/mol. The molecule has 1 amide bonds. The Balaban J connectivity index is 1.94. The molecule has 0 atom stereocenters. The van der Waals surface area contributed by atoms with E-state index in [1.807, 2.05) is 0 Å². The molecule has 0 unspecified atom stereocenters. The van der Waals surface area contributed by atoms with Crippen molar-refractivity contribution in [2.24, 2.45) is 0 Å². The van der Waals surface area contributed by atoms with Crippen LogP contribution in [0.5, 0.6) is 5.75 Å². The smallest absolute Gasteiger partial charge is 0.262 e. The Morgan fingerprint density at radius 1 is 1.15 bits per heavy atom. The van der Waals surface area contributed by atoms with Gasteiger partial charge in [-0.1, -0.05) is 12.1 Å². The SMILES string of the molecule is Nc1ccccc1OCC(=O)Nc1cc(F)cc(F)c1. The third-order valence-electron chi connectivity index (χ3n) is 2.42. The van der Waals surface area contributed by atoms with E-state index in [-0.39, 0.29) is 12.3 Å². The van der Waals surface area contributed by atoms with E-state index in [2.05, 4.69) is 5.32 Å². The number of benzene rings is 2. The number of rotatable bonds is 4. The largest absolute Gasteiger partial charge is 0.482 e. The molecule has 0 fully saturated rings. The van der Waals surface area contributed by atoms with E-state index >= 15 is 0 Å². The van der Waals surface area contributed by atoms with E-state index in [9.17, 15) is 13.6 Å². The van der Waals surface area contributed by atoms with Gasteiger partial charge in [0.2, 0.25) is 0 Å². The van der Waals surface area contributed by atoms with Crippen LogP contribution in [0, 0.1) is 11.6 Å². The lowest BCUT2D eigenvalue weighted by Gasteiger charge is -2.09. The first-order valence-electron chi connectivity index (χ1n) is 5.78. The highest BCUT2D eigenvalue weighted by molar-refractivity contribution is 5.91. The van der Waals surface area contributed by atoms with Gasteiger partial charge in [-0.3, -0.25) is 4.79 Å². The highest BCUT2D eigenvalue weighted by atomic mass is 19.1. The normalized spacial score (nSPS) is 10.1. The van der Waals surface area contributed by atoms with Gasteiger partial charge in [0, 0.05) is 11.8 Å². The van der Waals surface area contributed by atoms with E-state index in [1.165, 1.54) is 0 Å². The molecule has 0 saturated carbocycles. The van der Waals surface area contributed by atoms with E-state index < -0.39 is 17.5 Å². The minimum atomic E-state index is -0.770. The Bertz CT molecular complexity index is 612. The quantitative estimate of drug-likeness (QED) is 0.845. The first kappa shape index (κ1) is 13.8. The molecule has 0 radical (unpaired) electrons. The van der Waals surface area contributed by atoms with Crippen molar-refractivity contribution in [3.05, 3.63) is 54.1 Å². The minimum Gasteiger partial charge on any atom is -0.482 e. The molecule has 0 spiro atoms. The van der Waals surface area contributed by atoms with Crippen molar-refractivity contribution >= 4 is 17.3 Å². The van der Waals surface area contributed by atoms with Crippen molar-refractivity contribution in [3.8, 4) is 5.75 Å². The van der Waals surface area contributed by atoms with E-state index in [4.69, 9.17) is 10.5 Å². The van der Waals surface area contributed by atoms with Crippen LogP contribution in [-0.2, 0) is 4.79 Å². The number of hydrogen-bond donors (Lipinski definition) is 2. The lowest BCUT2D eigenvalue weighted by atomic mass is 10.3. The second-order valence-electron chi connectivity index (χ2n) is 4.03. The fourth-order valence-electron chi connectivity index (χ4n) is 1.58. The van der Waals surface area contributed by atoms with Gasteiger partial charge < -0.3 is 15.8 Å². The summed E-state index contributed by atoms with van der Waals surface area (Å²) in [5.74, 6) is -1.71. The maximum absolute atomic E-state index is 12.9. The number of para-hydroxylation sites is 2. The van der Waals surface area contributed by atoms with Gasteiger partial charge in [-0.25, -0.2) is 8.78 Å². The molecule has 3 N–H and O–H groups in total. The molecular formula is C14H12F2N2O2. The molecule has 104 valence electrons. The number of nitrogens with one attached hydrogen (secondary N) is 1. The average Bonchev–Trinajstić information content (AvgIpc) is 2.36. The lowest BCUT2D eigenvalue weighted by Crippen LogP contribution is -2.20. The molecule has 6 heteroatoms. The zero-order valence-corrected chi connectivity index (χ0v) is 10.4. The summed E-state index contributed by atoms with van der Waals surface area (Å²) in [6, 6.07) is 9.44. The van der Waals surface area contributed by atoms with E-state index in [0.717, 1.165) is 18.2 Å². The molecule has 2 rings (SSSR count). The van der Waals surface area contributed by atoms with Crippen LogP contribution in [-0.4, -0.2) is 12.5 Å². The van der Waals surface area contributed by atoms with E-state index in [0.29, 0.717) is 11.4 Å². The first-order chi connectivity index (χ1) is 9.54. The summed E-state index contributed by atoms with van der Waals surface area (Å²) in [6.07, 6.45) is 0. The van der Waals surface area contributed by atoms with Gasteiger partial charge in [0.15, 0.2) is 6.61 Å². The van der Waals surface area contributed by atoms with Gasteiger partial charge in [-0.15, -0.1) is 0 Å². The van der Waals surface area contributed by atoms with Crippen molar-refractivity contribution in [3.63, 3.8) is 0 Å². The number of hydrogen-bond acceptors (Lipinski definition) is 3. The Kier molecular flexibility index (Phi) is 4.14. The Morgan fingerprint density at radius 2 is 1.80 bits per heavy atom. The van der Waals surface area contributed by atoms with Gasteiger partial charge >= 0.3 is 0 Å². The van der Waals surface area contributed by atoms with Gasteiger partial charge in [0.1, 0.15) is 17.4 Å².